The molecule has 1 aliphatic rings. The Morgan fingerprint density at radius 1 is 1.06 bits per heavy atom. The molecule has 0 saturated heterocycles. The van der Waals surface area contributed by atoms with Gasteiger partial charge in [0.25, 0.3) is 0 Å². The van der Waals surface area contributed by atoms with Gasteiger partial charge >= 0.3 is 7.12 Å². The van der Waals surface area contributed by atoms with E-state index in [0.717, 1.165) is 29.7 Å². The Hall–Kier alpha value is -0.995. The number of rotatable bonds is 3. The summed E-state index contributed by atoms with van der Waals surface area (Å²) in [4.78, 5) is 0. The van der Waals surface area contributed by atoms with Gasteiger partial charge in [0.05, 0.1) is 6.10 Å². The summed E-state index contributed by atoms with van der Waals surface area (Å²) in [5.41, 5.74) is 2.33. The summed E-state index contributed by atoms with van der Waals surface area (Å²) in [6, 6.07) is 3.80. The number of hydrogen-bond donors (Lipinski definition) is 2. The van der Waals surface area contributed by atoms with Gasteiger partial charge in [-0.2, -0.15) is 0 Å². The summed E-state index contributed by atoms with van der Waals surface area (Å²) < 4.78 is 5.99. The van der Waals surface area contributed by atoms with E-state index < -0.39 is 7.12 Å². The highest BCUT2D eigenvalue weighted by Gasteiger charge is 2.19. The normalized spacial score (nSPS) is 16.7. The molecule has 0 aliphatic heterocycles. The van der Waals surface area contributed by atoms with E-state index in [0.29, 0.717) is 11.6 Å². The van der Waals surface area contributed by atoms with Gasteiger partial charge in [0.2, 0.25) is 0 Å². The van der Waals surface area contributed by atoms with E-state index in [1.807, 2.05) is 26.0 Å². The Labute approximate surface area is 109 Å². The highest BCUT2D eigenvalue weighted by atomic mass is 16.5. The third kappa shape index (κ3) is 3.06. The minimum absolute atomic E-state index is 0.322. The van der Waals surface area contributed by atoms with Crippen molar-refractivity contribution >= 4 is 12.6 Å². The van der Waals surface area contributed by atoms with Gasteiger partial charge in [-0.05, 0) is 68.3 Å². The number of hydrogen-bond acceptors (Lipinski definition) is 3. The third-order valence-electron chi connectivity index (χ3n) is 3.68. The fourth-order valence-corrected chi connectivity index (χ4v) is 2.79. The lowest BCUT2D eigenvalue weighted by Crippen LogP contribution is -2.34. The molecule has 1 saturated carbocycles. The first-order chi connectivity index (χ1) is 8.58. The number of benzene rings is 1. The monoisotopic (exact) mass is 248 g/mol. The van der Waals surface area contributed by atoms with E-state index >= 15 is 0 Å². The van der Waals surface area contributed by atoms with Crippen molar-refractivity contribution in [2.75, 3.05) is 0 Å². The smallest absolute Gasteiger partial charge is 0.488 e. The molecule has 0 radical (unpaired) electrons. The third-order valence-corrected chi connectivity index (χ3v) is 3.68. The van der Waals surface area contributed by atoms with Crippen LogP contribution in [0.3, 0.4) is 0 Å². The van der Waals surface area contributed by atoms with Crippen LogP contribution in [0.25, 0.3) is 0 Å². The molecule has 0 bridgehead atoms. The Kier molecular flexibility index (Phi) is 4.30. The summed E-state index contributed by atoms with van der Waals surface area (Å²) in [7, 11) is -1.41. The summed E-state index contributed by atoms with van der Waals surface area (Å²) in [6.07, 6.45) is 6.38. The summed E-state index contributed by atoms with van der Waals surface area (Å²) >= 11 is 0. The second-order valence-corrected chi connectivity index (χ2v) is 5.22. The van der Waals surface area contributed by atoms with Gasteiger partial charge in [-0.15, -0.1) is 0 Å². The minimum atomic E-state index is -1.41. The molecule has 98 valence electrons. The standard InChI is InChI=1S/C14H21BO3/c1-10-8-13(9-11(2)14(10)15(16)17)18-12-6-4-3-5-7-12/h8-9,12,16-17H,3-7H2,1-2H3. The Balaban J connectivity index is 2.14. The van der Waals surface area contributed by atoms with Crippen LogP contribution < -0.4 is 10.2 Å². The predicted molar refractivity (Wildman–Crippen MR) is 73.2 cm³/mol. The molecule has 1 aromatic rings. The van der Waals surface area contributed by atoms with Crippen LogP contribution in [0, 0.1) is 13.8 Å². The molecule has 1 aliphatic carbocycles. The molecule has 4 heteroatoms. The van der Waals surface area contributed by atoms with Crippen LogP contribution in [-0.2, 0) is 0 Å². The van der Waals surface area contributed by atoms with Gasteiger partial charge in [-0.1, -0.05) is 6.42 Å². The van der Waals surface area contributed by atoms with Crippen LogP contribution in [0.5, 0.6) is 5.75 Å². The number of aryl methyl sites for hydroxylation is 2. The Morgan fingerprint density at radius 2 is 1.61 bits per heavy atom. The maximum Gasteiger partial charge on any atom is 0.488 e. The molecular weight excluding hydrogens is 227 g/mol. The van der Waals surface area contributed by atoms with Crippen LogP contribution in [-0.4, -0.2) is 23.3 Å². The van der Waals surface area contributed by atoms with Gasteiger partial charge in [0.15, 0.2) is 0 Å². The van der Waals surface area contributed by atoms with Gasteiger partial charge in [-0.25, -0.2) is 0 Å². The zero-order chi connectivity index (χ0) is 13.1. The zero-order valence-electron chi connectivity index (χ0n) is 11.1. The quantitative estimate of drug-likeness (QED) is 0.800. The van der Waals surface area contributed by atoms with Crippen LogP contribution in [0.15, 0.2) is 12.1 Å². The average Bonchev–Trinajstić information content (AvgIpc) is 2.28. The maximum absolute atomic E-state index is 9.31. The molecule has 1 aromatic carbocycles. The summed E-state index contributed by atoms with van der Waals surface area (Å²) in [5, 5.41) is 18.6. The molecule has 2 rings (SSSR count). The molecule has 2 N–H and O–H groups in total. The second kappa shape index (κ2) is 5.76. The zero-order valence-corrected chi connectivity index (χ0v) is 11.1. The Morgan fingerprint density at radius 3 is 2.11 bits per heavy atom. The molecule has 0 heterocycles. The first kappa shape index (κ1) is 13.4. The minimum Gasteiger partial charge on any atom is -0.490 e. The largest absolute Gasteiger partial charge is 0.490 e. The van der Waals surface area contributed by atoms with Crippen molar-refractivity contribution in [1.82, 2.24) is 0 Å². The first-order valence-electron chi connectivity index (χ1n) is 6.72. The second-order valence-electron chi connectivity index (χ2n) is 5.22. The van der Waals surface area contributed by atoms with Crippen molar-refractivity contribution in [3.63, 3.8) is 0 Å². The molecule has 0 aromatic heterocycles. The molecule has 1 fully saturated rings. The molecule has 0 unspecified atom stereocenters. The molecule has 0 spiro atoms. The predicted octanol–water partition coefficient (Wildman–Crippen LogP) is 1.69. The molecule has 18 heavy (non-hydrogen) atoms. The van der Waals surface area contributed by atoms with Gasteiger partial charge in [-0.3, -0.25) is 0 Å². The maximum atomic E-state index is 9.31. The molecular formula is C14H21BO3. The van der Waals surface area contributed by atoms with Crippen molar-refractivity contribution in [1.29, 1.82) is 0 Å². The summed E-state index contributed by atoms with van der Waals surface area (Å²) in [5.74, 6) is 0.848. The van der Waals surface area contributed by atoms with Crippen LogP contribution in [0.2, 0.25) is 0 Å². The summed E-state index contributed by atoms with van der Waals surface area (Å²) in [6.45, 7) is 3.77. The molecule has 0 atom stereocenters. The topological polar surface area (TPSA) is 49.7 Å². The van der Waals surface area contributed by atoms with Crippen LogP contribution >= 0.6 is 0 Å². The van der Waals surface area contributed by atoms with E-state index in [-0.39, 0.29) is 0 Å². The van der Waals surface area contributed by atoms with Crippen LogP contribution in [0.1, 0.15) is 43.2 Å². The van der Waals surface area contributed by atoms with E-state index in [1.54, 1.807) is 0 Å². The fourth-order valence-electron chi connectivity index (χ4n) is 2.79. The van der Waals surface area contributed by atoms with Gasteiger partial charge in [0, 0.05) is 0 Å². The van der Waals surface area contributed by atoms with E-state index in [2.05, 4.69) is 0 Å². The highest BCUT2D eigenvalue weighted by Crippen LogP contribution is 2.24. The first-order valence-corrected chi connectivity index (χ1v) is 6.72. The average molecular weight is 248 g/mol. The van der Waals surface area contributed by atoms with Crippen molar-refractivity contribution in [3.8, 4) is 5.75 Å². The molecule has 0 amide bonds. The highest BCUT2D eigenvalue weighted by molar-refractivity contribution is 6.59. The van der Waals surface area contributed by atoms with Gasteiger partial charge in [0.1, 0.15) is 5.75 Å². The van der Waals surface area contributed by atoms with Crippen molar-refractivity contribution in [2.45, 2.75) is 52.1 Å². The number of ether oxygens (including phenoxy) is 1. The lowest BCUT2D eigenvalue weighted by molar-refractivity contribution is 0.155. The van der Waals surface area contributed by atoms with Crippen LogP contribution in [0.4, 0.5) is 0 Å². The van der Waals surface area contributed by atoms with Gasteiger partial charge < -0.3 is 14.8 Å². The van der Waals surface area contributed by atoms with E-state index in [9.17, 15) is 10.0 Å². The van der Waals surface area contributed by atoms with Crippen molar-refractivity contribution in [3.05, 3.63) is 23.3 Å². The SMILES string of the molecule is Cc1cc(OC2CCCCC2)cc(C)c1B(O)O. The Bertz CT molecular complexity index is 388. The molecule has 3 nitrogen and oxygen atoms in total. The van der Waals surface area contributed by atoms with E-state index in [1.165, 1.54) is 19.3 Å². The van der Waals surface area contributed by atoms with Crippen molar-refractivity contribution in [2.24, 2.45) is 0 Å². The lowest BCUT2D eigenvalue weighted by atomic mass is 9.74. The van der Waals surface area contributed by atoms with Crippen molar-refractivity contribution < 1.29 is 14.8 Å². The fraction of sp³-hybridized carbons (Fsp3) is 0.571. The van der Waals surface area contributed by atoms with E-state index in [4.69, 9.17) is 4.74 Å². The lowest BCUT2D eigenvalue weighted by Gasteiger charge is -2.24.